The number of carboxylic acids is 1. The lowest BCUT2D eigenvalue weighted by molar-refractivity contribution is -0.150. The number of carbonyl (C=O) groups is 2. The number of β-lactam (4-membered cyclic amide) rings is 1. The molecule has 0 bridgehead atoms. The average molecular weight is 260 g/mol. The molecule has 2 aliphatic rings. The predicted molar refractivity (Wildman–Crippen MR) is 58.7 cm³/mol. The van der Waals surface area contributed by atoms with Crippen LogP contribution in [0.3, 0.4) is 0 Å². The first-order valence-corrected chi connectivity index (χ1v) is 6.12. The summed E-state index contributed by atoms with van der Waals surface area (Å²) in [6, 6.07) is -1.09. The second kappa shape index (κ2) is 3.52. The zero-order valence-electron chi connectivity index (χ0n) is 9.54. The van der Waals surface area contributed by atoms with Crippen LogP contribution in [0.25, 0.3) is 0 Å². The monoisotopic (exact) mass is 260 g/mol. The van der Waals surface area contributed by atoms with Crippen molar-refractivity contribution >= 4 is 28.4 Å². The molecule has 94 valence electrons. The van der Waals surface area contributed by atoms with Gasteiger partial charge in [-0.2, -0.15) is 0 Å². The molecule has 2 rings (SSSR count). The Kier molecular flexibility index (Phi) is 2.49. The van der Waals surface area contributed by atoms with E-state index in [0.29, 0.717) is 0 Å². The number of oxime groups is 1. The summed E-state index contributed by atoms with van der Waals surface area (Å²) in [5.41, 5.74) is 0.0302. The van der Waals surface area contributed by atoms with Gasteiger partial charge < -0.3 is 14.8 Å². The first kappa shape index (κ1) is 12.0. The molecule has 0 aromatic heterocycles. The standard InChI is InChI=1S/C9H12N2O5S/c1-9(2)5(8(13)14)11-6(12)4(10-16-3)7(11)17(9)15/h5,7H,1-3H3,(H,13,14)/b10-4-/t5-,7+,17?/m0/s1. The molecule has 2 fully saturated rings. The first-order valence-electron chi connectivity index (χ1n) is 4.91. The molecule has 1 N–H and O–H groups in total. The number of hydrogen-bond acceptors (Lipinski definition) is 5. The molecule has 2 aliphatic heterocycles. The third-order valence-corrected chi connectivity index (χ3v) is 5.14. The Morgan fingerprint density at radius 1 is 1.59 bits per heavy atom. The SMILES string of the molecule is CO/N=C1/C(=O)N2[C@@H]1S(=O)C(C)(C)[C@@H]2C(=O)O. The lowest BCUT2D eigenvalue weighted by Gasteiger charge is -2.36. The van der Waals surface area contributed by atoms with Crippen molar-refractivity contribution in [2.24, 2.45) is 5.16 Å². The number of carbonyl (C=O) groups excluding carboxylic acids is 1. The van der Waals surface area contributed by atoms with Gasteiger partial charge in [-0.05, 0) is 13.8 Å². The molecular formula is C9H12N2O5S. The van der Waals surface area contributed by atoms with Gasteiger partial charge in [0.1, 0.15) is 13.2 Å². The van der Waals surface area contributed by atoms with Crippen LogP contribution in [-0.4, -0.2) is 55.1 Å². The van der Waals surface area contributed by atoms with Gasteiger partial charge in [0, 0.05) is 0 Å². The molecular weight excluding hydrogens is 248 g/mol. The normalized spacial score (nSPS) is 36.6. The fraction of sp³-hybridized carbons (Fsp3) is 0.667. The molecule has 17 heavy (non-hydrogen) atoms. The fourth-order valence-corrected chi connectivity index (χ4v) is 3.98. The van der Waals surface area contributed by atoms with Crippen LogP contribution in [-0.2, 0) is 25.2 Å². The fourth-order valence-electron chi connectivity index (χ4n) is 2.20. The van der Waals surface area contributed by atoms with Crippen LogP contribution >= 0.6 is 0 Å². The van der Waals surface area contributed by atoms with E-state index in [-0.39, 0.29) is 5.71 Å². The summed E-state index contributed by atoms with van der Waals surface area (Å²) in [6.07, 6.45) is 0. The van der Waals surface area contributed by atoms with E-state index in [1.165, 1.54) is 7.11 Å². The van der Waals surface area contributed by atoms with E-state index in [4.69, 9.17) is 5.11 Å². The largest absolute Gasteiger partial charge is 0.480 e. The summed E-state index contributed by atoms with van der Waals surface area (Å²) in [5, 5.41) is 11.9. The summed E-state index contributed by atoms with van der Waals surface area (Å²) in [6.45, 7) is 3.13. The second-order valence-electron chi connectivity index (χ2n) is 4.37. The Labute approximate surface area is 99.9 Å². The Bertz CT molecular complexity index is 458. The van der Waals surface area contributed by atoms with Crippen molar-refractivity contribution in [1.29, 1.82) is 0 Å². The highest BCUT2D eigenvalue weighted by Gasteiger charge is 2.67. The van der Waals surface area contributed by atoms with E-state index in [2.05, 4.69) is 9.99 Å². The highest BCUT2D eigenvalue weighted by atomic mass is 32.2. The minimum Gasteiger partial charge on any atom is -0.480 e. The maximum atomic E-state index is 12.2. The topological polar surface area (TPSA) is 96.3 Å². The van der Waals surface area contributed by atoms with Crippen molar-refractivity contribution in [2.45, 2.75) is 30.0 Å². The molecule has 3 atom stereocenters. The van der Waals surface area contributed by atoms with E-state index >= 15 is 0 Å². The van der Waals surface area contributed by atoms with Crippen molar-refractivity contribution in [3.8, 4) is 0 Å². The van der Waals surface area contributed by atoms with Gasteiger partial charge >= 0.3 is 5.97 Å². The maximum absolute atomic E-state index is 12.2. The summed E-state index contributed by atoms with van der Waals surface area (Å²) in [7, 11) is -0.232. The zero-order chi connectivity index (χ0) is 13.0. The number of rotatable bonds is 2. The number of hydrogen-bond donors (Lipinski definition) is 1. The predicted octanol–water partition coefficient (Wildman–Crippen LogP) is -0.849. The van der Waals surface area contributed by atoms with Gasteiger partial charge in [0.15, 0.2) is 11.1 Å². The van der Waals surface area contributed by atoms with Crippen molar-refractivity contribution in [1.82, 2.24) is 4.90 Å². The van der Waals surface area contributed by atoms with Crippen molar-refractivity contribution in [3.05, 3.63) is 0 Å². The third kappa shape index (κ3) is 1.33. The quantitative estimate of drug-likeness (QED) is 0.515. The van der Waals surface area contributed by atoms with E-state index in [9.17, 15) is 13.8 Å². The smallest absolute Gasteiger partial charge is 0.328 e. The maximum Gasteiger partial charge on any atom is 0.328 e. The molecule has 2 saturated heterocycles. The van der Waals surface area contributed by atoms with E-state index < -0.39 is 38.8 Å². The van der Waals surface area contributed by atoms with E-state index in [1.54, 1.807) is 13.8 Å². The van der Waals surface area contributed by atoms with Gasteiger partial charge in [-0.15, -0.1) is 0 Å². The van der Waals surface area contributed by atoms with Gasteiger partial charge in [0.05, 0.1) is 15.5 Å². The molecule has 7 nitrogen and oxygen atoms in total. The molecule has 0 aromatic carbocycles. The van der Waals surface area contributed by atoms with Crippen molar-refractivity contribution < 1.29 is 23.7 Å². The molecule has 0 saturated carbocycles. The molecule has 0 aromatic rings. The highest BCUT2D eigenvalue weighted by molar-refractivity contribution is 7.88. The lowest BCUT2D eigenvalue weighted by atomic mass is 9.98. The van der Waals surface area contributed by atoms with Gasteiger partial charge in [-0.1, -0.05) is 5.16 Å². The summed E-state index contributed by atoms with van der Waals surface area (Å²) in [5.74, 6) is -1.68. The molecule has 2 heterocycles. The number of carboxylic acid groups (broad SMARTS) is 1. The Balaban J connectivity index is 2.45. The zero-order valence-corrected chi connectivity index (χ0v) is 10.4. The van der Waals surface area contributed by atoms with Crippen molar-refractivity contribution in [3.63, 3.8) is 0 Å². The Morgan fingerprint density at radius 2 is 2.18 bits per heavy atom. The average Bonchev–Trinajstić information content (AvgIpc) is 2.42. The molecule has 0 aliphatic carbocycles. The van der Waals surface area contributed by atoms with Gasteiger partial charge in [0.2, 0.25) is 0 Å². The van der Waals surface area contributed by atoms with E-state index in [0.717, 1.165) is 4.90 Å². The van der Waals surface area contributed by atoms with E-state index in [1.807, 2.05) is 0 Å². The van der Waals surface area contributed by atoms with Crippen LogP contribution < -0.4 is 0 Å². The number of amides is 1. The van der Waals surface area contributed by atoms with Gasteiger partial charge in [-0.25, -0.2) is 4.79 Å². The summed E-state index contributed by atoms with van der Waals surface area (Å²) >= 11 is 0. The minimum absolute atomic E-state index is 0.0302. The molecule has 0 spiro atoms. The molecule has 8 heteroatoms. The minimum atomic E-state index is -1.51. The van der Waals surface area contributed by atoms with Crippen LogP contribution in [0.15, 0.2) is 5.16 Å². The van der Waals surface area contributed by atoms with Crippen LogP contribution in [0.2, 0.25) is 0 Å². The van der Waals surface area contributed by atoms with Crippen LogP contribution in [0.1, 0.15) is 13.8 Å². The first-order chi connectivity index (χ1) is 7.84. The lowest BCUT2D eigenvalue weighted by Crippen LogP contribution is -2.64. The van der Waals surface area contributed by atoms with Crippen molar-refractivity contribution in [2.75, 3.05) is 7.11 Å². The Morgan fingerprint density at radius 3 is 2.65 bits per heavy atom. The van der Waals surface area contributed by atoms with Crippen LogP contribution in [0, 0.1) is 0 Å². The van der Waals surface area contributed by atoms with Crippen LogP contribution in [0.4, 0.5) is 0 Å². The number of nitrogens with zero attached hydrogens (tertiary/aromatic N) is 2. The van der Waals surface area contributed by atoms with Gasteiger partial charge in [-0.3, -0.25) is 9.00 Å². The Hall–Kier alpha value is -1.44. The summed E-state index contributed by atoms with van der Waals surface area (Å²) < 4.78 is 11.1. The molecule has 0 radical (unpaired) electrons. The van der Waals surface area contributed by atoms with Gasteiger partial charge in [0.25, 0.3) is 5.91 Å². The second-order valence-corrected chi connectivity index (χ2v) is 6.46. The number of fused-ring (bicyclic) bond motifs is 1. The summed E-state index contributed by atoms with van der Waals surface area (Å²) in [4.78, 5) is 28.5. The molecule has 1 unspecified atom stereocenters. The third-order valence-electron chi connectivity index (χ3n) is 3.02. The molecule has 1 amide bonds. The van der Waals surface area contributed by atoms with Crippen LogP contribution in [0.5, 0.6) is 0 Å². The number of aliphatic carboxylic acids is 1. The highest BCUT2D eigenvalue weighted by Crippen LogP contribution is 2.42.